The predicted molar refractivity (Wildman–Crippen MR) is 102 cm³/mol. The summed E-state index contributed by atoms with van der Waals surface area (Å²) in [6.07, 6.45) is 0.465. The third kappa shape index (κ3) is 3.90. The second kappa shape index (κ2) is 7.64. The van der Waals surface area contributed by atoms with Gasteiger partial charge < -0.3 is 10.2 Å². The molecule has 2 amide bonds. The maximum absolute atomic E-state index is 12.6. The van der Waals surface area contributed by atoms with Crippen molar-refractivity contribution in [3.05, 3.63) is 60.0 Å². The molecule has 1 aromatic heterocycles. The Morgan fingerprint density at radius 1 is 1.21 bits per heavy atom. The number of nitro benzene ring substituents is 2. The number of carbonyl (C=O) groups excluding carboxylic acids is 2. The van der Waals surface area contributed by atoms with Crippen molar-refractivity contribution < 1.29 is 19.4 Å². The number of hydrogen-bond acceptors (Lipinski definition) is 8. The van der Waals surface area contributed by atoms with Gasteiger partial charge in [0.1, 0.15) is 11.1 Å². The van der Waals surface area contributed by atoms with Crippen molar-refractivity contribution in [3.8, 4) is 6.07 Å². The number of rotatable bonds is 4. The molecule has 29 heavy (non-hydrogen) atoms. The zero-order chi connectivity index (χ0) is 21.3. The van der Waals surface area contributed by atoms with Gasteiger partial charge in [-0.2, -0.15) is 5.26 Å². The topological polar surface area (TPSA) is 159 Å². The third-order valence-corrected chi connectivity index (χ3v) is 5.56. The van der Waals surface area contributed by atoms with Gasteiger partial charge in [-0.25, -0.2) is 0 Å². The Morgan fingerprint density at radius 2 is 1.83 bits per heavy atom. The van der Waals surface area contributed by atoms with Gasteiger partial charge in [-0.3, -0.25) is 29.8 Å². The van der Waals surface area contributed by atoms with Crippen LogP contribution in [0.15, 0.2) is 18.2 Å². The lowest BCUT2D eigenvalue weighted by atomic mass is 10.0. The minimum Gasteiger partial charge on any atom is -0.337 e. The average Bonchev–Trinajstić information content (AvgIpc) is 3.03. The smallest absolute Gasteiger partial charge is 0.277 e. The van der Waals surface area contributed by atoms with Crippen molar-refractivity contribution in [2.75, 3.05) is 11.9 Å². The zero-order valence-corrected chi connectivity index (χ0v) is 15.8. The number of anilines is 1. The minimum absolute atomic E-state index is 0.1000. The van der Waals surface area contributed by atoms with E-state index >= 15 is 0 Å². The highest BCUT2D eigenvalue weighted by Crippen LogP contribution is 2.37. The highest BCUT2D eigenvalue weighted by molar-refractivity contribution is 7.16. The van der Waals surface area contributed by atoms with Gasteiger partial charge in [0, 0.05) is 30.5 Å². The molecule has 0 radical (unpaired) electrons. The second-order valence-corrected chi connectivity index (χ2v) is 7.32. The van der Waals surface area contributed by atoms with E-state index in [0.29, 0.717) is 19.5 Å². The van der Waals surface area contributed by atoms with E-state index in [1.165, 1.54) is 6.92 Å². The van der Waals surface area contributed by atoms with E-state index in [1.54, 1.807) is 4.90 Å². The molecule has 1 N–H and O–H groups in total. The molecule has 0 atom stereocenters. The molecule has 0 spiro atoms. The van der Waals surface area contributed by atoms with Gasteiger partial charge >= 0.3 is 0 Å². The van der Waals surface area contributed by atoms with Crippen molar-refractivity contribution in [2.24, 2.45) is 0 Å². The number of fused-ring (bicyclic) bond motifs is 1. The Balaban J connectivity index is 1.94. The van der Waals surface area contributed by atoms with Gasteiger partial charge in [0.2, 0.25) is 5.91 Å². The maximum atomic E-state index is 12.6. The zero-order valence-electron chi connectivity index (χ0n) is 15.0. The highest BCUT2D eigenvalue weighted by atomic mass is 32.1. The Hall–Kier alpha value is -3.85. The van der Waals surface area contributed by atoms with Crippen LogP contribution in [0.1, 0.15) is 33.3 Å². The largest absolute Gasteiger partial charge is 0.337 e. The number of thiophene rings is 1. The second-order valence-electron chi connectivity index (χ2n) is 6.22. The molecule has 148 valence electrons. The normalized spacial score (nSPS) is 12.6. The fourth-order valence-corrected chi connectivity index (χ4v) is 4.20. The van der Waals surface area contributed by atoms with E-state index in [4.69, 9.17) is 0 Å². The summed E-state index contributed by atoms with van der Waals surface area (Å²) in [6.45, 7) is 2.22. The summed E-state index contributed by atoms with van der Waals surface area (Å²) in [5.74, 6) is -0.910. The van der Waals surface area contributed by atoms with Gasteiger partial charge in [-0.1, -0.05) is 0 Å². The van der Waals surface area contributed by atoms with E-state index in [0.717, 1.165) is 40.0 Å². The van der Waals surface area contributed by atoms with Crippen LogP contribution in [0.4, 0.5) is 16.4 Å². The molecule has 1 aliphatic rings. The molecule has 12 heteroatoms. The lowest BCUT2D eigenvalue weighted by Gasteiger charge is -2.25. The minimum atomic E-state index is -0.829. The molecule has 0 bridgehead atoms. The van der Waals surface area contributed by atoms with Crippen LogP contribution in [0.25, 0.3) is 0 Å². The number of non-ortho nitro benzene ring substituents is 2. The first-order valence-electron chi connectivity index (χ1n) is 8.26. The van der Waals surface area contributed by atoms with Crippen LogP contribution >= 0.6 is 11.3 Å². The summed E-state index contributed by atoms with van der Waals surface area (Å²) in [7, 11) is 0. The summed E-state index contributed by atoms with van der Waals surface area (Å²) in [5, 5.41) is 34.3. The molecule has 11 nitrogen and oxygen atoms in total. The van der Waals surface area contributed by atoms with Crippen LogP contribution in [-0.2, 0) is 17.8 Å². The van der Waals surface area contributed by atoms with E-state index in [1.807, 2.05) is 6.07 Å². The molecule has 0 aliphatic carbocycles. The molecular weight excluding hydrogens is 402 g/mol. The molecule has 0 unspecified atom stereocenters. The van der Waals surface area contributed by atoms with Gasteiger partial charge in [0.25, 0.3) is 17.3 Å². The average molecular weight is 415 g/mol. The third-order valence-electron chi connectivity index (χ3n) is 4.43. The van der Waals surface area contributed by atoms with Crippen LogP contribution in [0.3, 0.4) is 0 Å². The Kier molecular flexibility index (Phi) is 5.24. The first kappa shape index (κ1) is 19.9. The summed E-state index contributed by atoms with van der Waals surface area (Å²) in [5.41, 5.74) is -0.441. The molecule has 1 aromatic carbocycles. The highest BCUT2D eigenvalue weighted by Gasteiger charge is 2.27. The van der Waals surface area contributed by atoms with Crippen molar-refractivity contribution in [1.29, 1.82) is 5.26 Å². The van der Waals surface area contributed by atoms with Crippen molar-refractivity contribution in [3.63, 3.8) is 0 Å². The van der Waals surface area contributed by atoms with Crippen molar-refractivity contribution >= 4 is 39.5 Å². The Bertz CT molecular complexity index is 1070. The molecule has 0 fully saturated rings. The number of hydrogen-bond donors (Lipinski definition) is 1. The number of carbonyl (C=O) groups is 2. The monoisotopic (exact) mass is 415 g/mol. The lowest BCUT2D eigenvalue weighted by Crippen LogP contribution is -2.33. The SMILES string of the molecule is CC(=O)N1CCc2c(sc(NC(=O)c3cc([N+](=O)[O-])cc([N+](=O)[O-])c3)c2C#N)C1. The maximum Gasteiger partial charge on any atom is 0.277 e. The van der Waals surface area contributed by atoms with Crippen LogP contribution in [0.2, 0.25) is 0 Å². The van der Waals surface area contributed by atoms with Gasteiger partial charge in [-0.05, 0) is 12.0 Å². The predicted octanol–water partition coefficient (Wildman–Crippen LogP) is 2.59. The molecule has 0 saturated heterocycles. The Morgan fingerprint density at radius 3 is 2.34 bits per heavy atom. The summed E-state index contributed by atoms with van der Waals surface area (Å²) in [6, 6.07) is 4.66. The Labute approximate surface area is 167 Å². The van der Waals surface area contributed by atoms with Crippen molar-refractivity contribution in [1.82, 2.24) is 4.90 Å². The number of nitro groups is 2. The van der Waals surface area contributed by atoms with Gasteiger partial charge in [-0.15, -0.1) is 11.3 Å². The summed E-state index contributed by atoms with van der Waals surface area (Å²) >= 11 is 1.14. The molecule has 3 rings (SSSR count). The van der Waals surface area contributed by atoms with Crippen molar-refractivity contribution in [2.45, 2.75) is 19.9 Å². The summed E-state index contributed by atoms with van der Waals surface area (Å²) in [4.78, 5) is 46.9. The lowest BCUT2D eigenvalue weighted by molar-refractivity contribution is -0.394. The van der Waals surface area contributed by atoms with Crippen LogP contribution in [0, 0.1) is 31.6 Å². The number of amides is 2. The fourth-order valence-electron chi connectivity index (χ4n) is 2.99. The van der Waals surface area contributed by atoms with E-state index in [2.05, 4.69) is 5.32 Å². The van der Waals surface area contributed by atoms with Gasteiger partial charge in [0.05, 0.1) is 33.6 Å². The molecule has 2 heterocycles. The standard InChI is InChI=1S/C17H13N5O6S/c1-9(23)20-3-2-13-14(7-18)17(29-15(13)8-20)19-16(24)10-4-11(21(25)26)6-12(5-10)22(27)28/h4-6H,2-3,8H2,1H3,(H,19,24). The van der Waals surface area contributed by atoms with E-state index in [9.17, 15) is 35.1 Å². The quantitative estimate of drug-likeness (QED) is 0.593. The van der Waals surface area contributed by atoms with E-state index < -0.39 is 27.1 Å². The van der Waals surface area contributed by atoms with Crippen LogP contribution in [0.5, 0.6) is 0 Å². The molecule has 2 aromatic rings. The number of nitrogens with zero attached hydrogens (tertiary/aromatic N) is 4. The number of nitrogens with one attached hydrogen (secondary N) is 1. The van der Waals surface area contributed by atoms with E-state index in [-0.39, 0.29) is 22.0 Å². The molecule has 0 saturated carbocycles. The fraction of sp³-hybridized carbons (Fsp3) is 0.235. The molecule has 1 aliphatic heterocycles. The summed E-state index contributed by atoms with van der Waals surface area (Å²) < 4.78 is 0. The first-order chi connectivity index (χ1) is 13.7. The van der Waals surface area contributed by atoms with Crippen LogP contribution in [-0.4, -0.2) is 33.1 Å². The molecular formula is C17H13N5O6S. The van der Waals surface area contributed by atoms with Gasteiger partial charge in [0.15, 0.2) is 0 Å². The number of benzene rings is 1. The van der Waals surface area contributed by atoms with Crippen LogP contribution < -0.4 is 5.32 Å². The first-order valence-corrected chi connectivity index (χ1v) is 9.08. The number of nitriles is 1.